The largest absolute Gasteiger partial charge is 0.455 e. The molecule has 1 aromatic heterocycles. The first-order valence-electron chi connectivity index (χ1n) is 11.1. The number of rotatable bonds is 6. The maximum atomic E-state index is 13.6. The Balaban J connectivity index is 1.60. The lowest BCUT2D eigenvalue weighted by Gasteiger charge is -2.15. The van der Waals surface area contributed by atoms with Crippen LogP contribution in [0.15, 0.2) is 120 Å². The van der Waals surface area contributed by atoms with Crippen molar-refractivity contribution in [1.82, 2.24) is 10.2 Å². The van der Waals surface area contributed by atoms with E-state index < -0.39 is 11.5 Å². The Kier molecular flexibility index (Phi) is 6.17. The molecule has 0 fully saturated rings. The van der Waals surface area contributed by atoms with Crippen molar-refractivity contribution in [2.24, 2.45) is 0 Å². The molecule has 5 aromatic rings. The van der Waals surface area contributed by atoms with Crippen LogP contribution in [0.25, 0.3) is 22.4 Å². The van der Waals surface area contributed by atoms with Gasteiger partial charge < -0.3 is 10.1 Å². The zero-order valence-electron chi connectivity index (χ0n) is 18.6. The Morgan fingerprint density at radius 1 is 0.714 bits per heavy atom. The summed E-state index contributed by atoms with van der Waals surface area (Å²) in [6.07, 6.45) is 0. The van der Waals surface area contributed by atoms with E-state index in [1.165, 1.54) is 0 Å². The molecule has 0 spiro atoms. The number of H-pyrrole nitrogens is 1. The lowest BCUT2D eigenvalue weighted by molar-refractivity contribution is 0.102. The third-order valence-electron chi connectivity index (χ3n) is 5.43. The summed E-state index contributed by atoms with van der Waals surface area (Å²) in [5.74, 6) is 0.531. The van der Waals surface area contributed by atoms with Crippen molar-refractivity contribution in [3.8, 4) is 33.9 Å². The van der Waals surface area contributed by atoms with Gasteiger partial charge in [-0.2, -0.15) is 5.10 Å². The number of hydrogen-bond donors (Lipinski definition) is 2. The van der Waals surface area contributed by atoms with E-state index in [0.717, 1.165) is 5.56 Å². The Hall–Kier alpha value is -4.97. The highest BCUT2D eigenvalue weighted by molar-refractivity contribution is 6.10. The van der Waals surface area contributed by atoms with Crippen molar-refractivity contribution in [1.29, 1.82) is 0 Å². The second-order valence-corrected chi connectivity index (χ2v) is 7.75. The third-order valence-corrected chi connectivity index (χ3v) is 5.43. The summed E-state index contributed by atoms with van der Waals surface area (Å²) in [4.78, 5) is 26.6. The first kappa shape index (κ1) is 21.9. The van der Waals surface area contributed by atoms with Gasteiger partial charge in [-0.25, -0.2) is 5.10 Å². The van der Waals surface area contributed by atoms with Gasteiger partial charge in [-0.3, -0.25) is 9.59 Å². The minimum absolute atomic E-state index is 0.0282. The fourth-order valence-electron chi connectivity index (χ4n) is 3.82. The molecular weight excluding hydrogens is 438 g/mol. The number of benzene rings is 4. The lowest BCUT2D eigenvalue weighted by Crippen LogP contribution is -2.26. The van der Waals surface area contributed by atoms with Crippen molar-refractivity contribution in [3.63, 3.8) is 0 Å². The number of ether oxygens (including phenoxy) is 1. The first-order valence-corrected chi connectivity index (χ1v) is 11.1. The molecule has 0 unspecified atom stereocenters. The van der Waals surface area contributed by atoms with Gasteiger partial charge in [0, 0.05) is 11.1 Å². The van der Waals surface area contributed by atoms with Crippen LogP contribution in [0, 0.1) is 0 Å². The minimum atomic E-state index is -0.581. The number of aromatic amines is 1. The topological polar surface area (TPSA) is 84.1 Å². The Morgan fingerprint density at radius 3 is 1.97 bits per heavy atom. The highest BCUT2D eigenvalue weighted by Crippen LogP contribution is 2.33. The summed E-state index contributed by atoms with van der Waals surface area (Å²) >= 11 is 0. The van der Waals surface area contributed by atoms with Crippen molar-refractivity contribution < 1.29 is 9.53 Å². The maximum absolute atomic E-state index is 13.6. The Bertz CT molecular complexity index is 1520. The quantitative estimate of drug-likeness (QED) is 0.319. The molecular formula is C29H21N3O3. The van der Waals surface area contributed by atoms with Crippen molar-refractivity contribution in [3.05, 3.63) is 131 Å². The van der Waals surface area contributed by atoms with E-state index in [9.17, 15) is 9.59 Å². The normalized spacial score (nSPS) is 10.5. The number of carbonyl (C=O) groups excluding carboxylic acids is 1. The summed E-state index contributed by atoms with van der Waals surface area (Å²) in [6.45, 7) is 0. The number of hydrogen-bond acceptors (Lipinski definition) is 4. The predicted molar refractivity (Wildman–Crippen MR) is 137 cm³/mol. The molecule has 170 valence electrons. The Labute approximate surface area is 201 Å². The zero-order valence-corrected chi connectivity index (χ0v) is 18.6. The van der Waals surface area contributed by atoms with E-state index in [0.29, 0.717) is 34.0 Å². The van der Waals surface area contributed by atoms with Gasteiger partial charge in [0.25, 0.3) is 11.5 Å². The van der Waals surface area contributed by atoms with Crippen LogP contribution in [0.2, 0.25) is 0 Å². The van der Waals surface area contributed by atoms with Crippen LogP contribution in [0.5, 0.6) is 11.5 Å². The molecule has 6 heteroatoms. The minimum Gasteiger partial charge on any atom is -0.455 e. The van der Waals surface area contributed by atoms with Crippen LogP contribution in [-0.2, 0) is 0 Å². The summed E-state index contributed by atoms with van der Waals surface area (Å²) in [5, 5.41) is 9.67. The highest BCUT2D eigenvalue weighted by atomic mass is 16.5. The molecule has 0 aliphatic heterocycles. The molecule has 5 rings (SSSR count). The van der Waals surface area contributed by atoms with E-state index in [-0.39, 0.29) is 5.56 Å². The van der Waals surface area contributed by atoms with E-state index >= 15 is 0 Å². The van der Waals surface area contributed by atoms with Gasteiger partial charge >= 0.3 is 0 Å². The van der Waals surface area contributed by atoms with Crippen molar-refractivity contribution in [2.75, 3.05) is 5.32 Å². The van der Waals surface area contributed by atoms with E-state index in [1.54, 1.807) is 18.2 Å². The molecule has 1 heterocycles. The molecule has 0 radical (unpaired) electrons. The SMILES string of the molecule is O=C(Nc1ccccc1Oc1ccccc1)c1c(-c2ccccc2)c(-c2ccccc2)n[nH]c1=O. The maximum Gasteiger partial charge on any atom is 0.277 e. The van der Waals surface area contributed by atoms with Crippen LogP contribution in [0.3, 0.4) is 0 Å². The number of carbonyl (C=O) groups is 1. The molecule has 35 heavy (non-hydrogen) atoms. The number of para-hydroxylation sites is 3. The first-order chi connectivity index (χ1) is 17.2. The van der Waals surface area contributed by atoms with Gasteiger partial charge in [-0.05, 0) is 29.8 Å². The third kappa shape index (κ3) is 4.72. The molecule has 1 amide bonds. The lowest BCUT2D eigenvalue weighted by atomic mass is 9.95. The molecule has 2 N–H and O–H groups in total. The predicted octanol–water partition coefficient (Wildman–Crippen LogP) is 6.15. The Morgan fingerprint density at radius 2 is 1.29 bits per heavy atom. The molecule has 0 saturated carbocycles. The summed E-state index contributed by atoms with van der Waals surface area (Å²) in [7, 11) is 0. The van der Waals surface area contributed by atoms with Gasteiger partial charge in [-0.1, -0.05) is 91.0 Å². The molecule has 0 bridgehead atoms. The van der Waals surface area contributed by atoms with E-state index in [2.05, 4.69) is 15.5 Å². The van der Waals surface area contributed by atoms with Crippen LogP contribution >= 0.6 is 0 Å². The van der Waals surface area contributed by atoms with Crippen LogP contribution in [0.4, 0.5) is 5.69 Å². The van der Waals surface area contributed by atoms with Crippen molar-refractivity contribution >= 4 is 11.6 Å². The second kappa shape index (κ2) is 9.89. The van der Waals surface area contributed by atoms with Crippen LogP contribution in [0.1, 0.15) is 10.4 Å². The number of amides is 1. The standard InChI is InChI=1S/C29H21N3O3/c33-28(30-23-18-10-11-19-24(23)35-22-16-8-3-9-17-22)26-25(20-12-4-1-5-13-20)27(31-32-29(26)34)21-14-6-2-7-15-21/h1-19H,(H,30,33)(H,32,34). The highest BCUT2D eigenvalue weighted by Gasteiger charge is 2.23. The smallest absolute Gasteiger partial charge is 0.277 e. The molecule has 0 aliphatic carbocycles. The number of nitrogens with zero attached hydrogens (tertiary/aromatic N) is 1. The van der Waals surface area contributed by atoms with Crippen LogP contribution < -0.4 is 15.6 Å². The molecule has 0 atom stereocenters. The fourth-order valence-corrected chi connectivity index (χ4v) is 3.82. The molecule has 0 saturated heterocycles. The average molecular weight is 460 g/mol. The zero-order chi connectivity index (χ0) is 24.0. The fraction of sp³-hybridized carbons (Fsp3) is 0. The molecule has 0 aliphatic rings. The molecule has 4 aromatic carbocycles. The van der Waals surface area contributed by atoms with Gasteiger partial charge in [0.15, 0.2) is 5.75 Å². The number of anilines is 1. The van der Waals surface area contributed by atoms with E-state index in [1.807, 2.05) is 97.1 Å². The summed E-state index contributed by atoms with van der Waals surface area (Å²) in [6, 6.07) is 35.1. The monoisotopic (exact) mass is 459 g/mol. The number of nitrogens with one attached hydrogen (secondary N) is 2. The van der Waals surface area contributed by atoms with Gasteiger partial charge in [0.1, 0.15) is 11.3 Å². The average Bonchev–Trinajstić information content (AvgIpc) is 2.91. The van der Waals surface area contributed by atoms with Gasteiger partial charge in [-0.15, -0.1) is 0 Å². The summed E-state index contributed by atoms with van der Waals surface area (Å²) < 4.78 is 5.97. The van der Waals surface area contributed by atoms with Crippen LogP contribution in [-0.4, -0.2) is 16.1 Å². The van der Waals surface area contributed by atoms with E-state index in [4.69, 9.17) is 4.74 Å². The molecule has 6 nitrogen and oxygen atoms in total. The van der Waals surface area contributed by atoms with Gasteiger partial charge in [0.05, 0.1) is 11.4 Å². The van der Waals surface area contributed by atoms with Crippen molar-refractivity contribution in [2.45, 2.75) is 0 Å². The van der Waals surface area contributed by atoms with Gasteiger partial charge in [0.2, 0.25) is 0 Å². The second-order valence-electron chi connectivity index (χ2n) is 7.75. The number of aromatic nitrogens is 2. The summed E-state index contributed by atoms with van der Waals surface area (Å²) in [5.41, 5.74) is 2.29.